The first-order chi connectivity index (χ1) is 8.56. The van der Waals surface area contributed by atoms with Gasteiger partial charge in [0.2, 0.25) is 5.91 Å². The van der Waals surface area contributed by atoms with Crippen molar-refractivity contribution in [3.05, 3.63) is 0 Å². The summed E-state index contributed by atoms with van der Waals surface area (Å²) in [6.07, 6.45) is 2.76. The second-order valence-electron chi connectivity index (χ2n) is 5.76. The zero-order valence-electron chi connectivity index (χ0n) is 12.1. The third-order valence-electron chi connectivity index (χ3n) is 4.02. The molecule has 1 saturated heterocycles. The van der Waals surface area contributed by atoms with Crippen molar-refractivity contribution in [2.24, 2.45) is 17.6 Å². The van der Waals surface area contributed by atoms with Gasteiger partial charge in [-0.15, -0.1) is 0 Å². The topological polar surface area (TPSA) is 58.4 Å². The Hall–Kier alpha value is -0.610. The Morgan fingerprint density at radius 1 is 1.50 bits per heavy atom. The van der Waals surface area contributed by atoms with Crippen LogP contribution in [0.2, 0.25) is 0 Å². The Kier molecular flexibility index (Phi) is 6.65. The van der Waals surface area contributed by atoms with Gasteiger partial charge >= 0.3 is 0 Å². The summed E-state index contributed by atoms with van der Waals surface area (Å²) >= 11 is 0. The molecule has 0 radical (unpaired) electrons. The lowest BCUT2D eigenvalue weighted by Crippen LogP contribution is -2.34. The molecule has 1 aliphatic rings. The van der Waals surface area contributed by atoms with Crippen molar-refractivity contribution in [3.63, 3.8) is 0 Å². The van der Waals surface area contributed by atoms with Gasteiger partial charge in [-0.25, -0.2) is 0 Å². The first kappa shape index (κ1) is 15.4. The minimum Gasteiger partial charge on any atom is -0.356 e. The van der Waals surface area contributed by atoms with Gasteiger partial charge in [0.15, 0.2) is 0 Å². The molecule has 0 aromatic carbocycles. The van der Waals surface area contributed by atoms with Crippen molar-refractivity contribution >= 4 is 5.91 Å². The van der Waals surface area contributed by atoms with Crippen LogP contribution in [0.3, 0.4) is 0 Å². The van der Waals surface area contributed by atoms with E-state index in [-0.39, 0.29) is 5.91 Å². The fourth-order valence-corrected chi connectivity index (χ4v) is 2.49. The summed E-state index contributed by atoms with van der Waals surface area (Å²) in [6, 6.07) is 0.618. The van der Waals surface area contributed by atoms with E-state index in [4.69, 9.17) is 5.73 Å². The van der Waals surface area contributed by atoms with Crippen LogP contribution in [0.25, 0.3) is 0 Å². The number of nitrogens with two attached hydrogens (primary N) is 1. The highest BCUT2D eigenvalue weighted by atomic mass is 16.1. The highest BCUT2D eigenvalue weighted by Crippen LogP contribution is 2.17. The molecule has 0 bridgehead atoms. The zero-order chi connectivity index (χ0) is 13.5. The summed E-state index contributed by atoms with van der Waals surface area (Å²) in [5, 5.41) is 3.06. The van der Waals surface area contributed by atoms with Gasteiger partial charge in [-0.3, -0.25) is 4.79 Å². The van der Waals surface area contributed by atoms with E-state index in [1.807, 2.05) is 0 Å². The van der Waals surface area contributed by atoms with Crippen LogP contribution in [0, 0.1) is 11.8 Å². The smallest absolute Gasteiger partial charge is 0.220 e. The van der Waals surface area contributed by atoms with Gasteiger partial charge in [0, 0.05) is 25.6 Å². The van der Waals surface area contributed by atoms with Crippen molar-refractivity contribution in [2.45, 2.75) is 46.1 Å². The number of rotatable bonds is 7. The average molecular weight is 255 g/mol. The quantitative estimate of drug-likeness (QED) is 0.719. The van der Waals surface area contributed by atoms with Gasteiger partial charge in [0.1, 0.15) is 0 Å². The lowest BCUT2D eigenvalue weighted by Gasteiger charge is -2.20. The van der Waals surface area contributed by atoms with E-state index in [0.29, 0.717) is 30.8 Å². The molecular weight excluding hydrogens is 226 g/mol. The molecule has 106 valence electrons. The summed E-state index contributed by atoms with van der Waals surface area (Å²) < 4.78 is 0. The SMILES string of the molecule is CCC(CN)CC(=O)NCC1CCN(C(C)C)C1. The van der Waals surface area contributed by atoms with Crippen LogP contribution >= 0.6 is 0 Å². The number of nitrogens with one attached hydrogen (secondary N) is 1. The third-order valence-corrected chi connectivity index (χ3v) is 4.02. The number of amides is 1. The monoisotopic (exact) mass is 255 g/mol. The molecule has 1 aliphatic heterocycles. The largest absolute Gasteiger partial charge is 0.356 e. The number of hydrogen-bond acceptors (Lipinski definition) is 3. The van der Waals surface area contributed by atoms with Gasteiger partial charge in [-0.05, 0) is 45.2 Å². The van der Waals surface area contributed by atoms with Crippen LogP contribution in [-0.4, -0.2) is 43.0 Å². The van der Waals surface area contributed by atoms with Gasteiger partial charge in [-0.1, -0.05) is 13.3 Å². The molecule has 18 heavy (non-hydrogen) atoms. The summed E-state index contributed by atoms with van der Waals surface area (Å²) in [5.74, 6) is 1.12. The van der Waals surface area contributed by atoms with E-state index in [0.717, 1.165) is 19.5 Å². The summed E-state index contributed by atoms with van der Waals surface area (Å²) in [4.78, 5) is 14.2. The van der Waals surface area contributed by atoms with E-state index >= 15 is 0 Å². The molecule has 0 spiro atoms. The van der Waals surface area contributed by atoms with Crippen molar-refractivity contribution in [2.75, 3.05) is 26.2 Å². The van der Waals surface area contributed by atoms with Gasteiger partial charge in [0.25, 0.3) is 0 Å². The number of nitrogens with zero attached hydrogens (tertiary/aromatic N) is 1. The van der Waals surface area contributed by atoms with Crippen LogP contribution in [0.15, 0.2) is 0 Å². The predicted octanol–water partition coefficient (Wildman–Crippen LogP) is 1.21. The molecule has 0 aromatic rings. The molecule has 1 amide bonds. The molecule has 2 atom stereocenters. The van der Waals surface area contributed by atoms with E-state index in [1.165, 1.54) is 13.0 Å². The Morgan fingerprint density at radius 2 is 2.22 bits per heavy atom. The van der Waals surface area contributed by atoms with Crippen molar-refractivity contribution in [1.29, 1.82) is 0 Å². The van der Waals surface area contributed by atoms with Crippen LogP contribution < -0.4 is 11.1 Å². The van der Waals surface area contributed by atoms with Crippen molar-refractivity contribution < 1.29 is 4.79 Å². The van der Waals surface area contributed by atoms with E-state index in [9.17, 15) is 4.79 Å². The number of carbonyl (C=O) groups is 1. The first-order valence-corrected chi connectivity index (χ1v) is 7.27. The standard InChI is InChI=1S/C14H29N3O/c1-4-12(8-15)7-14(18)16-9-13-5-6-17(10-13)11(2)3/h11-13H,4-10,15H2,1-3H3,(H,16,18). The molecule has 1 rings (SSSR count). The molecule has 4 nitrogen and oxygen atoms in total. The average Bonchev–Trinajstić information content (AvgIpc) is 2.82. The Morgan fingerprint density at radius 3 is 2.72 bits per heavy atom. The second kappa shape index (κ2) is 7.74. The minimum absolute atomic E-state index is 0.162. The van der Waals surface area contributed by atoms with E-state index in [2.05, 4.69) is 31.0 Å². The van der Waals surface area contributed by atoms with Crippen LogP contribution in [0.4, 0.5) is 0 Å². The van der Waals surface area contributed by atoms with Crippen LogP contribution in [-0.2, 0) is 4.79 Å². The Balaban J connectivity index is 2.19. The fraction of sp³-hybridized carbons (Fsp3) is 0.929. The fourth-order valence-electron chi connectivity index (χ4n) is 2.49. The normalized spacial score (nSPS) is 22.4. The lowest BCUT2D eigenvalue weighted by molar-refractivity contribution is -0.122. The molecule has 0 aliphatic carbocycles. The van der Waals surface area contributed by atoms with Gasteiger partial charge < -0.3 is 16.0 Å². The molecule has 1 heterocycles. The third kappa shape index (κ3) is 4.94. The number of hydrogen-bond donors (Lipinski definition) is 2. The van der Waals surface area contributed by atoms with Crippen molar-refractivity contribution in [3.8, 4) is 0 Å². The molecule has 0 saturated carbocycles. The maximum atomic E-state index is 11.8. The molecule has 3 N–H and O–H groups in total. The second-order valence-corrected chi connectivity index (χ2v) is 5.76. The summed E-state index contributed by atoms with van der Waals surface area (Å²) in [5.41, 5.74) is 5.61. The highest BCUT2D eigenvalue weighted by molar-refractivity contribution is 5.76. The van der Waals surface area contributed by atoms with Gasteiger partial charge in [0.05, 0.1) is 0 Å². The highest BCUT2D eigenvalue weighted by Gasteiger charge is 2.24. The number of likely N-dealkylation sites (tertiary alicyclic amines) is 1. The maximum absolute atomic E-state index is 11.8. The lowest BCUT2D eigenvalue weighted by atomic mass is 10.0. The Bertz CT molecular complexity index is 251. The Labute approximate surface area is 111 Å². The summed E-state index contributed by atoms with van der Waals surface area (Å²) in [6.45, 7) is 10.3. The summed E-state index contributed by atoms with van der Waals surface area (Å²) in [7, 11) is 0. The molecule has 4 heteroatoms. The van der Waals surface area contributed by atoms with E-state index < -0.39 is 0 Å². The molecule has 0 aromatic heterocycles. The first-order valence-electron chi connectivity index (χ1n) is 7.27. The van der Waals surface area contributed by atoms with Gasteiger partial charge in [-0.2, -0.15) is 0 Å². The maximum Gasteiger partial charge on any atom is 0.220 e. The van der Waals surface area contributed by atoms with E-state index in [1.54, 1.807) is 0 Å². The van der Waals surface area contributed by atoms with Crippen molar-refractivity contribution in [1.82, 2.24) is 10.2 Å². The van der Waals surface area contributed by atoms with Crippen LogP contribution in [0.5, 0.6) is 0 Å². The minimum atomic E-state index is 0.162. The predicted molar refractivity (Wildman–Crippen MR) is 75.3 cm³/mol. The number of carbonyl (C=O) groups excluding carboxylic acids is 1. The van der Waals surface area contributed by atoms with Crippen LogP contribution in [0.1, 0.15) is 40.0 Å². The molecule has 1 fully saturated rings. The molecule has 2 unspecified atom stereocenters. The molecular formula is C14H29N3O. The zero-order valence-corrected chi connectivity index (χ0v) is 12.1.